The molecule has 0 heterocycles. The maximum Gasteiger partial charge on any atom is 1.00 e. The first kappa shape index (κ1) is 55.1. The van der Waals surface area contributed by atoms with E-state index in [-0.39, 0.29) is 18.9 Å². The van der Waals surface area contributed by atoms with E-state index in [2.05, 4.69) is 18.7 Å². The van der Waals surface area contributed by atoms with Gasteiger partial charge >= 0.3 is 18.9 Å². The van der Waals surface area contributed by atoms with Crippen molar-refractivity contribution >= 4 is 5.97 Å². The molecular weight excluding hydrogens is 641 g/mol. The van der Waals surface area contributed by atoms with Gasteiger partial charge in [0.15, 0.2) is 0 Å². The fourth-order valence-electron chi connectivity index (χ4n) is 8.14. The van der Waals surface area contributed by atoms with E-state index in [1.165, 1.54) is 257 Å². The minimum atomic E-state index is -0.910. The first-order valence-corrected chi connectivity index (χ1v) is 24.6. The molecular formula is C49H98LiNO2. The van der Waals surface area contributed by atoms with Gasteiger partial charge in [-0.25, -0.2) is 0 Å². The Bertz CT molecular complexity index is 627. The molecule has 3 nitrogen and oxygen atoms in total. The average molecular weight is 740 g/mol. The van der Waals surface area contributed by atoms with Crippen molar-refractivity contribution < 1.29 is 28.8 Å². The number of carbonyl (C=O) groups excluding carboxylic acids is 1. The molecule has 4 heteroatoms. The number of carbonyl (C=O) groups is 1. The maximum atomic E-state index is 11.6. The van der Waals surface area contributed by atoms with E-state index < -0.39 is 12.0 Å². The van der Waals surface area contributed by atoms with Gasteiger partial charge in [-0.1, -0.05) is 271 Å². The largest absolute Gasteiger partial charge is 1.00 e. The summed E-state index contributed by atoms with van der Waals surface area (Å²) in [6.45, 7) is 8.24. The van der Waals surface area contributed by atoms with Crippen LogP contribution < -0.4 is 24.0 Å². The third-order valence-corrected chi connectivity index (χ3v) is 12.0. The third kappa shape index (κ3) is 44.6. The molecule has 0 aliphatic rings. The van der Waals surface area contributed by atoms with Gasteiger partial charge in [-0.05, 0) is 32.9 Å². The Labute approximate surface area is 347 Å². The van der Waals surface area contributed by atoms with Crippen LogP contribution in [0.4, 0.5) is 0 Å². The van der Waals surface area contributed by atoms with E-state index in [1.54, 1.807) is 0 Å². The van der Waals surface area contributed by atoms with Gasteiger partial charge in [-0.2, -0.15) is 0 Å². The van der Waals surface area contributed by atoms with Crippen LogP contribution in [-0.2, 0) is 4.79 Å². The Morgan fingerprint density at radius 3 is 0.642 bits per heavy atom. The van der Waals surface area contributed by atoms with Crippen LogP contribution in [0.2, 0.25) is 0 Å². The predicted octanol–water partition coefficient (Wildman–Crippen LogP) is 12.9. The zero-order chi connectivity index (χ0) is 37.8. The molecule has 0 aliphatic heterocycles. The maximum absolute atomic E-state index is 11.6. The van der Waals surface area contributed by atoms with E-state index in [4.69, 9.17) is 0 Å². The Kier molecular flexibility index (Phi) is 50.1. The van der Waals surface area contributed by atoms with Crippen LogP contribution in [0.5, 0.6) is 0 Å². The van der Waals surface area contributed by atoms with Crippen LogP contribution in [0.25, 0.3) is 0 Å². The van der Waals surface area contributed by atoms with Crippen LogP contribution >= 0.6 is 0 Å². The molecule has 0 aromatic heterocycles. The van der Waals surface area contributed by atoms with Crippen LogP contribution in [0.15, 0.2) is 0 Å². The van der Waals surface area contributed by atoms with E-state index in [1.807, 2.05) is 6.92 Å². The second-order valence-corrected chi connectivity index (χ2v) is 17.2. The van der Waals surface area contributed by atoms with Crippen molar-refractivity contribution in [3.63, 3.8) is 0 Å². The van der Waals surface area contributed by atoms with E-state index in [9.17, 15) is 9.90 Å². The molecule has 0 aromatic carbocycles. The van der Waals surface area contributed by atoms with E-state index in [0.717, 1.165) is 25.9 Å². The molecule has 0 aliphatic carbocycles. The molecule has 0 radical (unpaired) electrons. The third-order valence-electron chi connectivity index (χ3n) is 12.0. The summed E-state index contributed by atoms with van der Waals surface area (Å²) < 4.78 is 0. The standard InChI is InChI=1S/C49H99NO2.Li/c1-4-6-8-10-12-14-16-18-20-22-24-26-28-30-32-34-36-38-40-42-44-46-50(48(3)49(51)52)47-45-43-41-39-37-35-33-31-29-27-25-23-21-19-17-15-13-11-9-7-5-2;/h48H,4-47H2,1-3H3,(H,51,52);/q;+1/p-1. The van der Waals surface area contributed by atoms with Gasteiger partial charge in [0, 0.05) is 6.04 Å². The Balaban J connectivity index is 0. The van der Waals surface area contributed by atoms with E-state index >= 15 is 0 Å². The quantitative estimate of drug-likeness (QED) is 0.0461. The first-order chi connectivity index (χ1) is 25.6. The van der Waals surface area contributed by atoms with Gasteiger partial charge in [0.05, 0.1) is 5.97 Å². The molecule has 0 amide bonds. The molecule has 0 N–H and O–H groups in total. The second kappa shape index (κ2) is 48.2. The van der Waals surface area contributed by atoms with E-state index in [0.29, 0.717) is 0 Å². The molecule has 1 atom stereocenters. The van der Waals surface area contributed by atoms with Crippen molar-refractivity contribution in [1.82, 2.24) is 4.90 Å². The van der Waals surface area contributed by atoms with Crippen LogP contribution in [0, 0.1) is 0 Å². The van der Waals surface area contributed by atoms with Crippen LogP contribution in [0.1, 0.15) is 290 Å². The summed E-state index contributed by atoms with van der Waals surface area (Å²) in [6, 6.07) is -0.463. The molecule has 0 bridgehead atoms. The average Bonchev–Trinajstić information content (AvgIpc) is 3.14. The van der Waals surface area contributed by atoms with Crippen molar-refractivity contribution in [3.05, 3.63) is 0 Å². The van der Waals surface area contributed by atoms with Gasteiger partial charge in [0.1, 0.15) is 0 Å². The number of carboxylic acids is 1. The fraction of sp³-hybridized carbons (Fsp3) is 0.980. The predicted molar refractivity (Wildman–Crippen MR) is 231 cm³/mol. The minimum Gasteiger partial charge on any atom is -0.548 e. The van der Waals surface area contributed by atoms with Crippen molar-refractivity contribution in [2.45, 2.75) is 296 Å². The molecule has 312 valence electrons. The van der Waals surface area contributed by atoms with Gasteiger partial charge in [-0.3, -0.25) is 4.90 Å². The van der Waals surface area contributed by atoms with Crippen molar-refractivity contribution in [1.29, 1.82) is 0 Å². The Hall–Kier alpha value is 0.0274. The van der Waals surface area contributed by atoms with Crippen LogP contribution in [0.3, 0.4) is 0 Å². The van der Waals surface area contributed by atoms with Crippen LogP contribution in [-0.4, -0.2) is 30.0 Å². The molecule has 0 rings (SSSR count). The fourth-order valence-corrected chi connectivity index (χ4v) is 8.14. The smallest absolute Gasteiger partial charge is 0.548 e. The molecule has 53 heavy (non-hydrogen) atoms. The molecule has 0 fully saturated rings. The summed E-state index contributed by atoms with van der Waals surface area (Å²) in [5, 5.41) is 11.6. The molecule has 0 saturated heterocycles. The zero-order valence-electron chi connectivity index (χ0n) is 37.5. The number of carboxylic acid groups (broad SMARTS) is 1. The Morgan fingerprint density at radius 1 is 0.340 bits per heavy atom. The number of unbranched alkanes of at least 4 members (excludes halogenated alkanes) is 40. The second-order valence-electron chi connectivity index (χ2n) is 17.2. The zero-order valence-corrected chi connectivity index (χ0v) is 37.5. The topological polar surface area (TPSA) is 43.4 Å². The minimum absolute atomic E-state index is 0. The molecule has 1 unspecified atom stereocenters. The summed E-state index contributed by atoms with van der Waals surface area (Å²) in [6.07, 6.45) is 58.7. The molecule has 0 saturated carbocycles. The van der Waals surface area contributed by atoms with Crippen molar-refractivity contribution in [2.75, 3.05) is 13.1 Å². The summed E-state index contributed by atoms with van der Waals surface area (Å²) in [7, 11) is 0. The van der Waals surface area contributed by atoms with Crippen molar-refractivity contribution in [3.8, 4) is 0 Å². The summed E-state index contributed by atoms with van der Waals surface area (Å²) >= 11 is 0. The first-order valence-electron chi connectivity index (χ1n) is 24.6. The number of aliphatic carboxylic acids is 1. The summed E-state index contributed by atoms with van der Waals surface area (Å²) in [5.74, 6) is -0.910. The number of hydrogen-bond donors (Lipinski definition) is 0. The monoisotopic (exact) mass is 740 g/mol. The number of rotatable bonds is 46. The number of hydrogen-bond acceptors (Lipinski definition) is 3. The van der Waals surface area contributed by atoms with Gasteiger partial charge in [0.2, 0.25) is 0 Å². The summed E-state index contributed by atoms with van der Waals surface area (Å²) in [5.41, 5.74) is 0. The SMILES string of the molecule is CCCCCCCCCCCCCCCCCCCCCCCN(CCCCCCCCCCCCCCCCCCCCCCC)C(C)C(=O)[O-].[Li+]. The summed E-state index contributed by atoms with van der Waals surface area (Å²) in [4.78, 5) is 13.8. The van der Waals surface area contributed by atoms with Gasteiger partial charge in [0.25, 0.3) is 0 Å². The Morgan fingerprint density at radius 2 is 0.491 bits per heavy atom. The molecule has 0 spiro atoms. The molecule has 0 aromatic rings. The number of nitrogens with zero attached hydrogens (tertiary/aromatic N) is 1. The van der Waals surface area contributed by atoms with Crippen molar-refractivity contribution in [2.24, 2.45) is 0 Å². The van der Waals surface area contributed by atoms with Gasteiger partial charge < -0.3 is 9.90 Å². The van der Waals surface area contributed by atoms with Gasteiger partial charge in [-0.15, -0.1) is 0 Å². The normalized spacial score (nSPS) is 12.1.